The van der Waals surface area contributed by atoms with Crippen LogP contribution in [0.15, 0.2) is 24.9 Å². The average Bonchev–Trinajstić information content (AvgIpc) is 2.20. The van der Waals surface area contributed by atoms with Gasteiger partial charge in [0.25, 0.3) is 0 Å². The van der Waals surface area contributed by atoms with Crippen LogP contribution in [-0.4, -0.2) is 23.1 Å². The Morgan fingerprint density at radius 1 is 1.80 bits per heavy atom. The molecule has 0 aliphatic carbocycles. The van der Waals surface area contributed by atoms with Gasteiger partial charge in [-0.2, -0.15) is 0 Å². The van der Waals surface area contributed by atoms with Gasteiger partial charge >= 0.3 is 0 Å². The van der Waals surface area contributed by atoms with Crippen LogP contribution in [0.25, 0.3) is 0 Å². The van der Waals surface area contributed by atoms with Gasteiger partial charge in [-0.15, -0.1) is 6.58 Å². The number of nitrogens with one attached hydrogen (secondary N) is 1. The molecule has 1 fully saturated rings. The van der Waals surface area contributed by atoms with E-state index in [4.69, 9.17) is 12.2 Å². The molecule has 0 atom stereocenters. The summed E-state index contributed by atoms with van der Waals surface area (Å²) in [5.74, 6) is 0. The van der Waals surface area contributed by atoms with Gasteiger partial charge in [0.05, 0.1) is 6.54 Å². The minimum atomic E-state index is 0.755. The molecule has 0 unspecified atom stereocenters. The summed E-state index contributed by atoms with van der Waals surface area (Å²) in [5.41, 5.74) is 1.02. The molecule has 0 amide bonds. The lowest BCUT2D eigenvalue weighted by Gasteiger charge is -2.14. The first kappa shape index (κ1) is 7.28. The average molecular weight is 154 g/mol. The van der Waals surface area contributed by atoms with E-state index in [1.165, 1.54) is 0 Å². The molecule has 1 heterocycles. The SMILES string of the molecule is C=CCN1C(=C)CNC1=S. The van der Waals surface area contributed by atoms with E-state index in [2.05, 4.69) is 18.5 Å². The molecule has 54 valence electrons. The maximum atomic E-state index is 4.99. The van der Waals surface area contributed by atoms with Crippen molar-refractivity contribution in [3.63, 3.8) is 0 Å². The summed E-state index contributed by atoms with van der Waals surface area (Å²) in [5, 5.41) is 3.77. The van der Waals surface area contributed by atoms with Gasteiger partial charge in [-0.25, -0.2) is 0 Å². The highest BCUT2D eigenvalue weighted by Crippen LogP contribution is 2.07. The summed E-state index contributed by atoms with van der Waals surface area (Å²) < 4.78 is 0. The number of rotatable bonds is 2. The molecular weight excluding hydrogens is 144 g/mol. The van der Waals surface area contributed by atoms with Crippen LogP contribution in [0.5, 0.6) is 0 Å². The van der Waals surface area contributed by atoms with Crippen LogP contribution in [0.2, 0.25) is 0 Å². The van der Waals surface area contributed by atoms with Crippen LogP contribution in [0.3, 0.4) is 0 Å². The molecule has 2 nitrogen and oxygen atoms in total. The highest BCUT2D eigenvalue weighted by Gasteiger charge is 2.17. The van der Waals surface area contributed by atoms with Crippen molar-refractivity contribution in [2.45, 2.75) is 0 Å². The van der Waals surface area contributed by atoms with Gasteiger partial charge in [0.1, 0.15) is 0 Å². The second-order valence-electron chi connectivity index (χ2n) is 2.12. The van der Waals surface area contributed by atoms with Gasteiger partial charge in [0, 0.05) is 12.2 Å². The van der Waals surface area contributed by atoms with Crippen molar-refractivity contribution in [3.8, 4) is 0 Å². The van der Waals surface area contributed by atoms with Crippen molar-refractivity contribution in [2.75, 3.05) is 13.1 Å². The Balaban J connectivity index is 2.62. The fraction of sp³-hybridized carbons (Fsp3) is 0.286. The molecule has 3 heteroatoms. The number of nitrogens with zero attached hydrogens (tertiary/aromatic N) is 1. The van der Waals surface area contributed by atoms with Crippen molar-refractivity contribution in [1.82, 2.24) is 10.2 Å². The molecule has 0 spiro atoms. The Morgan fingerprint density at radius 3 is 2.90 bits per heavy atom. The predicted molar refractivity (Wildman–Crippen MR) is 46.6 cm³/mol. The van der Waals surface area contributed by atoms with E-state index in [1.54, 1.807) is 0 Å². The van der Waals surface area contributed by atoms with Crippen molar-refractivity contribution in [2.24, 2.45) is 0 Å². The lowest BCUT2D eigenvalue weighted by Crippen LogP contribution is -2.26. The highest BCUT2D eigenvalue weighted by atomic mass is 32.1. The molecule has 0 radical (unpaired) electrons. The first-order valence-corrected chi connectivity index (χ1v) is 3.50. The monoisotopic (exact) mass is 154 g/mol. The Kier molecular flexibility index (Phi) is 2.06. The second kappa shape index (κ2) is 2.84. The van der Waals surface area contributed by atoms with Gasteiger partial charge in [-0.1, -0.05) is 12.7 Å². The van der Waals surface area contributed by atoms with Crippen LogP contribution in [0.4, 0.5) is 0 Å². The Morgan fingerprint density at radius 2 is 2.50 bits per heavy atom. The van der Waals surface area contributed by atoms with Crippen molar-refractivity contribution in [1.29, 1.82) is 0 Å². The molecule has 1 aliphatic heterocycles. The van der Waals surface area contributed by atoms with E-state index in [1.807, 2.05) is 11.0 Å². The topological polar surface area (TPSA) is 15.3 Å². The van der Waals surface area contributed by atoms with Gasteiger partial charge in [0.2, 0.25) is 0 Å². The van der Waals surface area contributed by atoms with Crippen molar-refractivity contribution < 1.29 is 0 Å². The minimum absolute atomic E-state index is 0.755. The third-order valence-corrected chi connectivity index (χ3v) is 1.75. The van der Waals surface area contributed by atoms with E-state index in [0.29, 0.717) is 0 Å². The molecule has 1 saturated heterocycles. The Hall–Kier alpha value is -0.830. The van der Waals surface area contributed by atoms with Crippen LogP contribution < -0.4 is 5.32 Å². The van der Waals surface area contributed by atoms with Crippen LogP contribution in [-0.2, 0) is 0 Å². The van der Waals surface area contributed by atoms with Crippen LogP contribution >= 0.6 is 12.2 Å². The van der Waals surface area contributed by atoms with Gasteiger partial charge in [0.15, 0.2) is 5.11 Å². The third kappa shape index (κ3) is 1.19. The Labute approximate surface area is 66.2 Å². The summed E-state index contributed by atoms with van der Waals surface area (Å²) in [6.45, 7) is 8.98. The minimum Gasteiger partial charge on any atom is -0.357 e. The molecule has 0 saturated carbocycles. The maximum Gasteiger partial charge on any atom is 0.173 e. The van der Waals surface area contributed by atoms with Crippen LogP contribution in [0, 0.1) is 0 Å². The zero-order valence-corrected chi connectivity index (χ0v) is 6.58. The summed E-state index contributed by atoms with van der Waals surface area (Å²) in [6, 6.07) is 0. The van der Waals surface area contributed by atoms with E-state index >= 15 is 0 Å². The number of hydrogen-bond donors (Lipinski definition) is 1. The smallest absolute Gasteiger partial charge is 0.173 e. The summed E-state index contributed by atoms with van der Waals surface area (Å²) in [7, 11) is 0. The largest absolute Gasteiger partial charge is 0.357 e. The fourth-order valence-electron chi connectivity index (χ4n) is 0.853. The van der Waals surface area contributed by atoms with Crippen LogP contribution in [0.1, 0.15) is 0 Å². The molecule has 1 rings (SSSR count). The van der Waals surface area contributed by atoms with Gasteiger partial charge in [-0.05, 0) is 12.2 Å². The molecule has 1 N–H and O–H groups in total. The predicted octanol–water partition coefficient (Wildman–Crippen LogP) is 0.876. The standard InChI is InChI=1S/C7H10N2S/c1-3-4-9-6(2)5-8-7(9)10/h3H,1-2,4-5H2,(H,8,10). The third-order valence-electron chi connectivity index (χ3n) is 1.38. The lowest BCUT2D eigenvalue weighted by atomic mass is 10.4. The van der Waals surface area contributed by atoms with Gasteiger partial charge in [-0.3, -0.25) is 0 Å². The second-order valence-corrected chi connectivity index (χ2v) is 2.51. The van der Waals surface area contributed by atoms with E-state index < -0.39 is 0 Å². The molecule has 0 bridgehead atoms. The van der Waals surface area contributed by atoms with E-state index in [-0.39, 0.29) is 0 Å². The van der Waals surface area contributed by atoms with Crippen molar-refractivity contribution in [3.05, 3.63) is 24.9 Å². The molecule has 0 aromatic rings. The normalized spacial score (nSPS) is 17.4. The fourth-order valence-corrected chi connectivity index (χ4v) is 1.13. The maximum absolute atomic E-state index is 4.99. The summed E-state index contributed by atoms with van der Waals surface area (Å²) in [4.78, 5) is 1.93. The highest BCUT2D eigenvalue weighted by molar-refractivity contribution is 7.80. The number of thiocarbonyl (C=S) groups is 1. The lowest BCUT2D eigenvalue weighted by molar-refractivity contribution is 0.606. The van der Waals surface area contributed by atoms with Gasteiger partial charge < -0.3 is 10.2 Å². The summed E-state index contributed by atoms with van der Waals surface area (Å²) in [6.07, 6.45) is 1.81. The van der Waals surface area contributed by atoms with Crippen molar-refractivity contribution >= 4 is 17.3 Å². The van der Waals surface area contributed by atoms with E-state index in [0.717, 1.165) is 23.9 Å². The molecular formula is C7H10N2S. The molecule has 0 aromatic heterocycles. The Bertz CT molecular complexity index is 170. The first-order chi connectivity index (χ1) is 4.75. The quantitative estimate of drug-likeness (QED) is 0.469. The molecule has 0 aromatic carbocycles. The van der Waals surface area contributed by atoms with E-state index in [9.17, 15) is 0 Å². The zero-order valence-electron chi connectivity index (χ0n) is 5.76. The number of hydrogen-bond acceptors (Lipinski definition) is 1. The zero-order chi connectivity index (χ0) is 7.56. The molecule has 1 aliphatic rings. The molecule has 10 heavy (non-hydrogen) atoms. The first-order valence-electron chi connectivity index (χ1n) is 3.09. The summed E-state index contributed by atoms with van der Waals surface area (Å²) >= 11 is 4.99.